The summed E-state index contributed by atoms with van der Waals surface area (Å²) in [5.74, 6) is 5.75. The van der Waals surface area contributed by atoms with Gasteiger partial charge in [0, 0.05) is 0 Å². The molecule has 0 fully saturated rings. The molecule has 6 nitrogen and oxygen atoms in total. The average Bonchev–Trinajstić information content (AvgIpc) is 3.07. The summed E-state index contributed by atoms with van der Waals surface area (Å²) in [4.78, 5) is 12.3. The third kappa shape index (κ3) is 4.51. The molecular formula is C20H22FN5OS. The molecule has 146 valence electrons. The first-order chi connectivity index (χ1) is 13.5. The Labute approximate surface area is 167 Å². The average molecular weight is 399 g/mol. The molecule has 0 spiro atoms. The molecule has 1 heterocycles. The number of hydrogen-bond acceptors (Lipinski definition) is 5. The lowest BCUT2D eigenvalue weighted by Crippen LogP contribution is -2.28. The van der Waals surface area contributed by atoms with Gasteiger partial charge in [-0.25, -0.2) is 9.07 Å². The van der Waals surface area contributed by atoms with Crippen LogP contribution in [-0.2, 0) is 11.2 Å². The van der Waals surface area contributed by atoms with Crippen LogP contribution < -0.4 is 11.2 Å². The number of nitrogen functional groups attached to an aromatic ring is 1. The highest BCUT2D eigenvalue weighted by Crippen LogP contribution is 2.23. The van der Waals surface area contributed by atoms with Gasteiger partial charge in [0.1, 0.15) is 5.82 Å². The number of carbonyl (C=O) groups is 1. The van der Waals surface area contributed by atoms with Crippen LogP contribution in [-0.4, -0.2) is 26.5 Å². The molecular weight excluding hydrogens is 377 g/mol. The lowest BCUT2D eigenvalue weighted by molar-refractivity contribution is -0.119. The summed E-state index contributed by atoms with van der Waals surface area (Å²) >= 11 is 1.15. The number of nitrogens with zero attached hydrogens (tertiary/aromatic N) is 3. The standard InChI is InChI=1S/C20H22FN5OS/c1-3-14-8-10-15(11-9-14)13(2)23-18(27)12-28-20-25-24-19(26(20)22)16-6-4-5-7-17(16)21/h4-11,13H,3,12,22H2,1-2H3,(H,23,27). The van der Waals surface area contributed by atoms with E-state index in [1.54, 1.807) is 18.2 Å². The quantitative estimate of drug-likeness (QED) is 0.470. The molecule has 0 aliphatic heterocycles. The number of hydrogen-bond donors (Lipinski definition) is 2. The Morgan fingerprint density at radius 3 is 2.61 bits per heavy atom. The Hall–Kier alpha value is -2.87. The van der Waals surface area contributed by atoms with Crippen LogP contribution in [0.4, 0.5) is 4.39 Å². The maximum Gasteiger partial charge on any atom is 0.230 e. The summed E-state index contributed by atoms with van der Waals surface area (Å²) in [6, 6.07) is 14.3. The van der Waals surface area contributed by atoms with E-state index in [1.165, 1.54) is 16.3 Å². The minimum Gasteiger partial charge on any atom is -0.349 e. The lowest BCUT2D eigenvalue weighted by Gasteiger charge is -2.14. The molecule has 2 aromatic carbocycles. The van der Waals surface area contributed by atoms with Gasteiger partial charge in [0.15, 0.2) is 5.82 Å². The van der Waals surface area contributed by atoms with Crippen molar-refractivity contribution in [3.8, 4) is 11.4 Å². The van der Waals surface area contributed by atoms with Gasteiger partial charge < -0.3 is 11.2 Å². The van der Waals surface area contributed by atoms with Gasteiger partial charge in [0.05, 0.1) is 17.4 Å². The molecule has 0 aliphatic rings. The third-order valence-corrected chi connectivity index (χ3v) is 5.32. The van der Waals surface area contributed by atoms with Crippen LogP contribution in [0.1, 0.15) is 31.0 Å². The molecule has 0 radical (unpaired) electrons. The Bertz CT molecular complexity index is 957. The Morgan fingerprint density at radius 1 is 1.21 bits per heavy atom. The Kier molecular flexibility index (Phi) is 6.30. The minimum atomic E-state index is -0.432. The molecule has 3 N–H and O–H groups in total. The largest absolute Gasteiger partial charge is 0.349 e. The molecule has 0 saturated carbocycles. The zero-order chi connectivity index (χ0) is 20.1. The summed E-state index contributed by atoms with van der Waals surface area (Å²) in [7, 11) is 0. The van der Waals surface area contributed by atoms with Crippen LogP contribution in [0.3, 0.4) is 0 Å². The molecule has 8 heteroatoms. The number of rotatable bonds is 7. The topological polar surface area (TPSA) is 85.8 Å². The highest BCUT2D eigenvalue weighted by Gasteiger charge is 2.17. The number of nitrogens with two attached hydrogens (primary N) is 1. The number of aryl methyl sites for hydroxylation is 1. The zero-order valence-electron chi connectivity index (χ0n) is 15.7. The summed E-state index contributed by atoms with van der Waals surface area (Å²) < 4.78 is 15.1. The van der Waals surface area contributed by atoms with Crippen LogP contribution in [0, 0.1) is 5.82 Å². The van der Waals surface area contributed by atoms with Crippen molar-refractivity contribution in [2.75, 3.05) is 11.6 Å². The highest BCUT2D eigenvalue weighted by molar-refractivity contribution is 7.99. The van der Waals surface area contributed by atoms with Gasteiger partial charge in [-0.1, -0.05) is 55.1 Å². The van der Waals surface area contributed by atoms with E-state index in [9.17, 15) is 9.18 Å². The van der Waals surface area contributed by atoms with Crippen LogP contribution >= 0.6 is 11.8 Å². The number of halogens is 1. The van der Waals surface area contributed by atoms with Gasteiger partial charge in [0.2, 0.25) is 11.1 Å². The molecule has 3 aromatic rings. The second-order valence-electron chi connectivity index (χ2n) is 6.33. The van der Waals surface area contributed by atoms with E-state index in [2.05, 4.69) is 34.6 Å². The van der Waals surface area contributed by atoms with Gasteiger partial charge in [-0.2, -0.15) is 0 Å². The number of thioether (sulfide) groups is 1. The minimum absolute atomic E-state index is 0.108. The van der Waals surface area contributed by atoms with Crippen molar-refractivity contribution < 1.29 is 9.18 Å². The van der Waals surface area contributed by atoms with Crippen molar-refractivity contribution in [1.82, 2.24) is 20.2 Å². The Morgan fingerprint density at radius 2 is 1.93 bits per heavy atom. The predicted octanol–water partition coefficient (Wildman–Crippen LogP) is 3.33. The zero-order valence-corrected chi connectivity index (χ0v) is 16.5. The van der Waals surface area contributed by atoms with E-state index in [1.807, 2.05) is 19.1 Å². The maximum atomic E-state index is 13.9. The van der Waals surface area contributed by atoms with Crippen LogP contribution in [0.5, 0.6) is 0 Å². The number of nitrogens with one attached hydrogen (secondary N) is 1. The van der Waals surface area contributed by atoms with Gasteiger partial charge in [-0.05, 0) is 36.6 Å². The van der Waals surface area contributed by atoms with E-state index in [0.717, 1.165) is 23.7 Å². The molecule has 28 heavy (non-hydrogen) atoms. The molecule has 1 atom stereocenters. The number of carbonyl (C=O) groups excluding carboxylic acids is 1. The van der Waals surface area contributed by atoms with E-state index in [4.69, 9.17) is 5.84 Å². The van der Waals surface area contributed by atoms with E-state index >= 15 is 0 Å². The van der Waals surface area contributed by atoms with Gasteiger partial charge in [-0.15, -0.1) is 10.2 Å². The SMILES string of the molecule is CCc1ccc(C(C)NC(=O)CSc2nnc(-c3ccccc3F)n2N)cc1. The van der Waals surface area contributed by atoms with E-state index in [-0.39, 0.29) is 29.1 Å². The van der Waals surface area contributed by atoms with Crippen LogP contribution in [0.2, 0.25) is 0 Å². The monoisotopic (exact) mass is 399 g/mol. The predicted molar refractivity (Wildman–Crippen MR) is 109 cm³/mol. The first-order valence-electron chi connectivity index (χ1n) is 8.96. The highest BCUT2D eigenvalue weighted by atomic mass is 32.2. The third-order valence-electron chi connectivity index (χ3n) is 4.38. The lowest BCUT2D eigenvalue weighted by atomic mass is 10.1. The fourth-order valence-electron chi connectivity index (χ4n) is 2.74. The maximum absolute atomic E-state index is 13.9. The molecule has 1 aromatic heterocycles. The van der Waals surface area contributed by atoms with Crippen molar-refractivity contribution >= 4 is 17.7 Å². The smallest absolute Gasteiger partial charge is 0.230 e. The van der Waals surface area contributed by atoms with Gasteiger partial charge >= 0.3 is 0 Å². The van der Waals surface area contributed by atoms with Crippen molar-refractivity contribution in [2.45, 2.75) is 31.5 Å². The number of aromatic nitrogens is 3. The normalized spacial score (nSPS) is 12.0. The number of amides is 1. The van der Waals surface area contributed by atoms with Gasteiger partial charge in [-0.3, -0.25) is 4.79 Å². The molecule has 1 amide bonds. The molecule has 0 saturated heterocycles. The fourth-order valence-corrected chi connectivity index (χ4v) is 3.41. The number of benzene rings is 2. The van der Waals surface area contributed by atoms with E-state index < -0.39 is 5.82 Å². The van der Waals surface area contributed by atoms with E-state index in [0.29, 0.717) is 5.16 Å². The molecule has 3 rings (SSSR count). The summed E-state index contributed by atoms with van der Waals surface area (Å²) in [6.45, 7) is 4.04. The summed E-state index contributed by atoms with van der Waals surface area (Å²) in [6.07, 6.45) is 0.978. The molecule has 0 aliphatic carbocycles. The fraction of sp³-hybridized carbons (Fsp3) is 0.250. The van der Waals surface area contributed by atoms with Crippen molar-refractivity contribution in [2.24, 2.45) is 0 Å². The van der Waals surface area contributed by atoms with Crippen molar-refractivity contribution in [1.29, 1.82) is 0 Å². The van der Waals surface area contributed by atoms with Crippen LogP contribution in [0.15, 0.2) is 53.7 Å². The second-order valence-corrected chi connectivity index (χ2v) is 7.27. The molecule has 0 bridgehead atoms. The second kappa shape index (κ2) is 8.88. The Balaban J connectivity index is 1.59. The van der Waals surface area contributed by atoms with Crippen molar-refractivity contribution in [3.63, 3.8) is 0 Å². The first-order valence-corrected chi connectivity index (χ1v) is 9.94. The van der Waals surface area contributed by atoms with Gasteiger partial charge in [0.25, 0.3) is 0 Å². The summed E-state index contributed by atoms with van der Waals surface area (Å²) in [5.41, 5.74) is 2.56. The first kappa shape index (κ1) is 19.9. The summed E-state index contributed by atoms with van der Waals surface area (Å²) in [5, 5.41) is 11.2. The van der Waals surface area contributed by atoms with Crippen LogP contribution in [0.25, 0.3) is 11.4 Å². The molecule has 1 unspecified atom stereocenters. The van der Waals surface area contributed by atoms with Crippen molar-refractivity contribution in [3.05, 3.63) is 65.5 Å².